The minimum atomic E-state index is 0. The molecule has 5 heavy (non-hydrogen) atoms. The van der Waals surface area contributed by atoms with Crippen LogP contribution in [0.2, 0.25) is 0 Å². The van der Waals surface area contributed by atoms with Crippen LogP contribution in [-0.4, -0.2) is 13.6 Å². The van der Waals surface area contributed by atoms with Gasteiger partial charge >= 0.3 is 0 Å². The molecule has 0 aromatic carbocycles. The van der Waals surface area contributed by atoms with Gasteiger partial charge in [-0.3, -0.25) is 0 Å². The monoisotopic (exact) mass is 296 g/mol. The molecule has 0 amide bonds. The Morgan fingerprint density at radius 3 is 1.80 bits per heavy atom. The van der Waals surface area contributed by atoms with Gasteiger partial charge in [-0.15, -0.1) is 0 Å². The van der Waals surface area contributed by atoms with Gasteiger partial charge in [0.1, 0.15) is 0 Å². The third kappa shape index (κ3) is 11.2. The van der Waals surface area contributed by atoms with Crippen LogP contribution in [0.25, 0.3) is 5.32 Å². The molecule has 2 heteroatoms. The van der Waals surface area contributed by atoms with Crippen LogP contribution in [0.4, 0.5) is 0 Å². The summed E-state index contributed by atoms with van der Waals surface area (Å²) in [5, 5.41) is 3.74. The molecule has 0 fully saturated rings. The molecule has 0 heterocycles. The molecule has 0 aliphatic carbocycles. The second kappa shape index (κ2) is 8.89. The topological polar surface area (TPSA) is 14.1 Å². The van der Waals surface area contributed by atoms with Crippen LogP contribution in [0.3, 0.4) is 0 Å². The number of hydrogen-bond acceptors (Lipinski definition) is 0. The Kier molecular flexibility index (Phi) is 16.7. The molecule has 0 aliphatic rings. The molecule has 30 valence electrons. The van der Waals surface area contributed by atoms with Crippen LogP contribution >= 0.6 is 0 Å². The number of rotatable bonds is 1. The summed E-state index contributed by atoms with van der Waals surface area (Å²) in [5.74, 6) is 0. The van der Waals surface area contributed by atoms with Gasteiger partial charge in [-0.1, -0.05) is 6.92 Å². The average molecular weight is 296 g/mol. The second-order valence-electron chi connectivity index (χ2n) is 0.632. The molecular formula is C3H8NU-. The first kappa shape index (κ1) is 9.38. The zero-order valence-electron chi connectivity index (χ0n) is 3.65. The van der Waals surface area contributed by atoms with Crippen LogP contribution in [-0.2, 0) is 0 Å². The molecule has 1 nitrogen and oxygen atoms in total. The van der Waals surface area contributed by atoms with E-state index in [1.807, 2.05) is 6.92 Å². The summed E-state index contributed by atoms with van der Waals surface area (Å²) in [6.45, 7) is 2.96. The largest absolute Gasteiger partial charge is 0.665 e. The van der Waals surface area contributed by atoms with E-state index in [1.54, 1.807) is 7.05 Å². The molecule has 0 atom stereocenters. The fourth-order valence-corrected chi connectivity index (χ4v) is 0. The van der Waals surface area contributed by atoms with E-state index in [0.717, 1.165) is 6.54 Å². The van der Waals surface area contributed by atoms with Crippen molar-refractivity contribution in [3.05, 3.63) is 5.32 Å². The van der Waals surface area contributed by atoms with Crippen LogP contribution in [0, 0.1) is 31.1 Å². The first-order valence-electron chi connectivity index (χ1n) is 1.47. The summed E-state index contributed by atoms with van der Waals surface area (Å²) < 4.78 is 0. The van der Waals surface area contributed by atoms with Gasteiger partial charge in [0.15, 0.2) is 0 Å². The summed E-state index contributed by atoms with van der Waals surface area (Å²) in [5.41, 5.74) is 0. The van der Waals surface area contributed by atoms with E-state index in [2.05, 4.69) is 5.32 Å². The Morgan fingerprint density at radius 2 is 1.80 bits per heavy atom. The number of nitrogens with zero attached hydrogens (tertiary/aromatic N) is 1. The minimum absolute atomic E-state index is 0. The van der Waals surface area contributed by atoms with Crippen molar-refractivity contribution in [2.24, 2.45) is 0 Å². The average Bonchev–Trinajstić information content (AvgIpc) is 1.37. The zero-order chi connectivity index (χ0) is 3.41. The van der Waals surface area contributed by atoms with Crippen molar-refractivity contribution in [1.29, 1.82) is 0 Å². The van der Waals surface area contributed by atoms with Crippen molar-refractivity contribution in [1.82, 2.24) is 0 Å². The van der Waals surface area contributed by atoms with E-state index >= 15 is 0 Å². The summed E-state index contributed by atoms with van der Waals surface area (Å²) in [6.07, 6.45) is 0. The molecule has 0 aromatic heterocycles. The second-order valence-corrected chi connectivity index (χ2v) is 0.632. The van der Waals surface area contributed by atoms with Gasteiger partial charge in [0, 0.05) is 31.1 Å². The predicted octanol–water partition coefficient (Wildman–Crippen LogP) is 1.01. The molecule has 0 saturated carbocycles. The maximum Gasteiger partial charge on any atom is 0 e. The number of hydrogen-bond donors (Lipinski definition) is 0. The van der Waals surface area contributed by atoms with Gasteiger partial charge in [-0.25, -0.2) is 0 Å². The minimum Gasteiger partial charge on any atom is -0.665 e. The van der Waals surface area contributed by atoms with Crippen molar-refractivity contribution in [2.45, 2.75) is 6.92 Å². The first-order chi connectivity index (χ1) is 1.91. The van der Waals surface area contributed by atoms with Gasteiger partial charge in [0.05, 0.1) is 0 Å². The molecule has 0 bridgehead atoms. The summed E-state index contributed by atoms with van der Waals surface area (Å²) >= 11 is 0. The molecule has 0 aromatic rings. The molecule has 0 unspecified atom stereocenters. The van der Waals surface area contributed by atoms with Gasteiger partial charge < -0.3 is 5.32 Å². The van der Waals surface area contributed by atoms with E-state index in [1.165, 1.54) is 0 Å². The third-order valence-corrected chi connectivity index (χ3v) is 0.316. The molecule has 0 saturated heterocycles. The maximum atomic E-state index is 3.74. The van der Waals surface area contributed by atoms with E-state index in [-0.39, 0.29) is 31.1 Å². The van der Waals surface area contributed by atoms with Gasteiger partial charge in [-0.05, 0) is 0 Å². The molecular weight excluding hydrogens is 288 g/mol. The fourth-order valence-electron chi connectivity index (χ4n) is 0. The van der Waals surface area contributed by atoms with E-state index in [9.17, 15) is 0 Å². The molecule has 0 aliphatic heterocycles. The fraction of sp³-hybridized carbons (Fsp3) is 1.00. The first-order valence-corrected chi connectivity index (χ1v) is 1.47. The summed E-state index contributed by atoms with van der Waals surface area (Å²) in [7, 11) is 1.81. The van der Waals surface area contributed by atoms with E-state index in [0.29, 0.717) is 0 Å². The standard InChI is InChI=1S/C3H8N.U/c1-3-4-2;/h3H2,1-2H3;/q-1;. The van der Waals surface area contributed by atoms with Crippen molar-refractivity contribution >= 4 is 0 Å². The molecule has 0 N–H and O–H groups in total. The Hall–Kier alpha value is 1.01. The third-order valence-electron chi connectivity index (χ3n) is 0.316. The van der Waals surface area contributed by atoms with Crippen LogP contribution in [0.5, 0.6) is 0 Å². The SMILES string of the molecule is CC[N-]C.[U]. The van der Waals surface area contributed by atoms with E-state index in [4.69, 9.17) is 0 Å². The molecule has 0 spiro atoms. The van der Waals surface area contributed by atoms with Crippen molar-refractivity contribution in [2.75, 3.05) is 13.6 Å². The zero-order valence-corrected chi connectivity index (χ0v) is 7.82. The smallest absolute Gasteiger partial charge is 0 e. The van der Waals surface area contributed by atoms with Gasteiger partial charge in [0.25, 0.3) is 0 Å². The van der Waals surface area contributed by atoms with Crippen molar-refractivity contribution in [3.63, 3.8) is 0 Å². The Balaban J connectivity index is 0. The quantitative estimate of drug-likeness (QED) is 0.686. The van der Waals surface area contributed by atoms with Crippen LogP contribution in [0.1, 0.15) is 6.92 Å². The Bertz CT molecular complexity index is 8.85. The normalized spacial score (nSPS) is 6.00. The van der Waals surface area contributed by atoms with Crippen LogP contribution < -0.4 is 0 Å². The Labute approximate surface area is 56.9 Å². The maximum absolute atomic E-state index is 3.74. The van der Waals surface area contributed by atoms with Gasteiger partial charge in [0.2, 0.25) is 0 Å². The Morgan fingerprint density at radius 1 is 1.60 bits per heavy atom. The van der Waals surface area contributed by atoms with Crippen molar-refractivity contribution < 1.29 is 31.1 Å². The van der Waals surface area contributed by atoms with Crippen LogP contribution in [0.15, 0.2) is 0 Å². The van der Waals surface area contributed by atoms with Crippen molar-refractivity contribution in [3.8, 4) is 0 Å². The van der Waals surface area contributed by atoms with Gasteiger partial charge in [-0.2, -0.15) is 13.6 Å². The van der Waals surface area contributed by atoms with E-state index < -0.39 is 0 Å². The summed E-state index contributed by atoms with van der Waals surface area (Å²) in [6, 6.07) is 0. The molecule has 0 rings (SSSR count). The summed E-state index contributed by atoms with van der Waals surface area (Å²) in [4.78, 5) is 0. The molecule has 0 radical (unpaired) electrons. The predicted molar refractivity (Wildman–Crippen MR) is 19.8 cm³/mol.